The molecule has 2 atom stereocenters. The fraction of sp³-hybridized carbons (Fsp3) is 1.00. The van der Waals surface area contributed by atoms with Crippen molar-refractivity contribution < 1.29 is 14.2 Å². The third-order valence-electron chi connectivity index (χ3n) is 2.09. The Labute approximate surface area is 81.4 Å². The summed E-state index contributed by atoms with van der Waals surface area (Å²) in [5.41, 5.74) is 0. The molecule has 0 radical (unpaired) electrons. The molecule has 0 saturated heterocycles. The lowest BCUT2D eigenvalue weighted by atomic mass is 10.1. The summed E-state index contributed by atoms with van der Waals surface area (Å²) in [6.07, 6.45) is 2.52. The van der Waals surface area contributed by atoms with E-state index in [1.54, 1.807) is 14.2 Å². The molecular formula is C10H22O3. The van der Waals surface area contributed by atoms with Gasteiger partial charge < -0.3 is 14.2 Å². The molecule has 0 amide bonds. The molecule has 3 heteroatoms. The van der Waals surface area contributed by atoms with Crippen molar-refractivity contribution in [3.8, 4) is 0 Å². The Morgan fingerprint density at radius 1 is 1.15 bits per heavy atom. The first-order chi connectivity index (χ1) is 6.26. The summed E-state index contributed by atoms with van der Waals surface area (Å²) in [7, 11) is 3.39. The number of ether oxygens (including phenoxy) is 3. The molecule has 0 aromatic heterocycles. The van der Waals surface area contributed by atoms with Crippen LogP contribution in [-0.2, 0) is 14.2 Å². The van der Waals surface area contributed by atoms with Crippen LogP contribution in [0.2, 0.25) is 0 Å². The van der Waals surface area contributed by atoms with E-state index in [-0.39, 0.29) is 12.2 Å². The van der Waals surface area contributed by atoms with Crippen LogP contribution in [0.5, 0.6) is 0 Å². The molecule has 0 rings (SSSR count). The predicted molar refractivity (Wildman–Crippen MR) is 53.0 cm³/mol. The van der Waals surface area contributed by atoms with Gasteiger partial charge in [0.25, 0.3) is 0 Å². The highest BCUT2D eigenvalue weighted by Gasteiger charge is 2.15. The summed E-state index contributed by atoms with van der Waals surface area (Å²) in [5.74, 6) is 0. The average molecular weight is 190 g/mol. The molecule has 0 heterocycles. The number of methoxy groups -OCH3 is 2. The Hall–Kier alpha value is -0.120. The van der Waals surface area contributed by atoms with Crippen molar-refractivity contribution in [2.75, 3.05) is 27.4 Å². The monoisotopic (exact) mass is 190 g/mol. The minimum Gasteiger partial charge on any atom is -0.382 e. The van der Waals surface area contributed by atoms with Gasteiger partial charge in [-0.2, -0.15) is 0 Å². The van der Waals surface area contributed by atoms with Crippen molar-refractivity contribution in [2.24, 2.45) is 0 Å². The fourth-order valence-electron chi connectivity index (χ4n) is 1.17. The maximum absolute atomic E-state index is 5.63. The quantitative estimate of drug-likeness (QED) is 0.547. The maximum Gasteiger partial charge on any atom is 0.0834 e. The molecule has 0 aliphatic rings. The van der Waals surface area contributed by atoms with Crippen molar-refractivity contribution in [3.63, 3.8) is 0 Å². The summed E-state index contributed by atoms with van der Waals surface area (Å²) in [6, 6.07) is 0. The molecule has 0 saturated carbocycles. The van der Waals surface area contributed by atoms with Crippen LogP contribution in [0, 0.1) is 0 Å². The van der Waals surface area contributed by atoms with Gasteiger partial charge in [-0.1, -0.05) is 13.3 Å². The summed E-state index contributed by atoms with van der Waals surface area (Å²) >= 11 is 0. The minimum absolute atomic E-state index is 0.164. The Bertz CT molecular complexity index is 106. The van der Waals surface area contributed by atoms with Gasteiger partial charge >= 0.3 is 0 Å². The molecule has 80 valence electrons. The highest BCUT2D eigenvalue weighted by atomic mass is 16.5. The van der Waals surface area contributed by atoms with E-state index in [1.165, 1.54) is 0 Å². The Morgan fingerprint density at radius 2 is 1.85 bits per heavy atom. The van der Waals surface area contributed by atoms with Gasteiger partial charge in [-0.15, -0.1) is 0 Å². The SMILES string of the molecule is CCCC(OCCOC)C(C)OC. The summed E-state index contributed by atoms with van der Waals surface area (Å²) in [6.45, 7) is 5.48. The van der Waals surface area contributed by atoms with E-state index < -0.39 is 0 Å². The first-order valence-corrected chi connectivity index (χ1v) is 4.89. The minimum atomic E-state index is 0.164. The van der Waals surface area contributed by atoms with Crippen LogP contribution in [0.3, 0.4) is 0 Å². The fourth-order valence-corrected chi connectivity index (χ4v) is 1.17. The van der Waals surface area contributed by atoms with Crippen LogP contribution < -0.4 is 0 Å². The molecule has 0 spiro atoms. The molecule has 13 heavy (non-hydrogen) atoms. The largest absolute Gasteiger partial charge is 0.382 e. The highest BCUT2D eigenvalue weighted by Crippen LogP contribution is 2.09. The van der Waals surface area contributed by atoms with Crippen LogP contribution in [0.25, 0.3) is 0 Å². The van der Waals surface area contributed by atoms with Crippen LogP contribution in [-0.4, -0.2) is 39.6 Å². The standard InChI is InChI=1S/C10H22O3/c1-5-6-10(9(2)12-4)13-8-7-11-3/h9-10H,5-8H2,1-4H3. The zero-order valence-corrected chi connectivity index (χ0v) is 9.21. The third kappa shape index (κ3) is 6.02. The van der Waals surface area contributed by atoms with Gasteiger partial charge in [-0.05, 0) is 13.3 Å². The molecule has 2 unspecified atom stereocenters. The van der Waals surface area contributed by atoms with Gasteiger partial charge in [0.15, 0.2) is 0 Å². The second-order valence-corrected chi connectivity index (χ2v) is 3.13. The van der Waals surface area contributed by atoms with Crippen LogP contribution >= 0.6 is 0 Å². The van der Waals surface area contributed by atoms with Crippen LogP contribution in [0.15, 0.2) is 0 Å². The lowest BCUT2D eigenvalue weighted by molar-refractivity contribution is -0.0636. The van der Waals surface area contributed by atoms with Crippen molar-refractivity contribution in [2.45, 2.75) is 38.9 Å². The zero-order valence-electron chi connectivity index (χ0n) is 9.21. The van der Waals surface area contributed by atoms with Gasteiger partial charge in [-0.3, -0.25) is 0 Å². The van der Waals surface area contributed by atoms with Crippen LogP contribution in [0.4, 0.5) is 0 Å². The van der Waals surface area contributed by atoms with E-state index in [4.69, 9.17) is 14.2 Å². The molecule has 0 N–H and O–H groups in total. The van der Waals surface area contributed by atoms with Gasteiger partial charge in [0, 0.05) is 14.2 Å². The molecular weight excluding hydrogens is 168 g/mol. The van der Waals surface area contributed by atoms with E-state index in [1.807, 2.05) is 6.92 Å². The summed E-state index contributed by atoms with van der Waals surface area (Å²) in [5, 5.41) is 0. The molecule has 3 nitrogen and oxygen atoms in total. The van der Waals surface area contributed by atoms with Crippen molar-refractivity contribution in [3.05, 3.63) is 0 Å². The van der Waals surface area contributed by atoms with E-state index in [2.05, 4.69) is 6.92 Å². The summed E-state index contributed by atoms with van der Waals surface area (Å²) < 4.78 is 15.8. The smallest absolute Gasteiger partial charge is 0.0834 e. The Balaban J connectivity index is 3.65. The number of rotatable bonds is 8. The molecule has 0 aromatic rings. The maximum atomic E-state index is 5.63. The lowest BCUT2D eigenvalue weighted by Crippen LogP contribution is -2.29. The topological polar surface area (TPSA) is 27.7 Å². The zero-order chi connectivity index (χ0) is 10.1. The Morgan fingerprint density at radius 3 is 2.31 bits per heavy atom. The van der Waals surface area contributed by atoms with Gasteiger partial charge in [-0.25, -0.2) is 0 Å². The lowest BCUT2D eigenvalue weighted by Gasteiger charge is -2.22. The second-order valence-electron chi connectivity index (χ2n) is 3.13. The van der Waals surface area contributed by atoms with E-state index in [0.717, 1.165) is 12.8 Å². The van der Waals surface area contributed by atoms with Gasteiger partial charge in [0.05, 0.1) is 25.4 Å². The predicted octanol–water partition coefficient (Wildman–Crippen LogP) is 1.85. The highest BCUT2D eigenvalue weighted by molar-refractivity contribution is 4.65. The van der Waals surface area contributed by atoms with Crippen molar-refractivity contribution in [1.29, 1.82) is 0 Å². The van der Waals surface area contributed by atoms with Crippen LogP contribution in [0.1, 0.15) is 26.7 Å². The van der Waals surface area contributed by atoms with E-state index in [0.29, 0.717) is 13.2 Å². The van der Waals surface area contributed by atoms with E-state index >= 15 is 0 Å². The molecule has 0 bridgehead atoms. The third-order valence-corrected chi connectivity index (χ3v) is 2.09. The average Bonchev–Trinajstić information content (AvgIpc) is 2.16. The second kappa shape index (κ2) is 8.48. The Kier molecular flexibility index (Phi) is 8.40. The first-order valence-electron chi connectivity index (χ1n) is 4.89. The summed E-state index contributed by atoms with van der Waals surface area (Å²) in [4.78, 5) is 0. The number of hydrogen-bond donors (Lipinski definition) is 0. The normalized spacial score (nSPS) is 15.7. The molecule has 0 fully saturated rings. The molecule has 0 aliphatic carbocycles. The molecule has 0 aromatic carbocycles. The van der Waals surface area contributed by atoms with E-state index in [9.17, 15) is 0 Å². The first kappa shape index (κ1) is 12.9. The number of hydrogen-bond acceptors (Lipinski definition) is 3. The van der Waals surface area contributed by atoms with Gasteiger partial charge in [0.1, 0.15) is 0 Å². The van der Waals surface area contributed by atoms with Crippen molar-refractivity contribution in [1.82, 2.24) is 0 Å². The molecule has 0 aliphatic heterocycles. The van der Waals surface area contributed by atoms with Crippen molar-refractivity contribution >= 4 is 0 Å². The van der Waals surface area contributed by atoms with Gasteiger partial charge in [0.2, 0.25) is 0 Å².